The lowest BCUT2D eigenvalue weighted by molar-refractivity contribution is -0.130. The molecule has 0 N–H and O–H groups in total. The summed E-state index contributed by atoms with van der Waals surface area (Å²) in [6, 6.07) is 8.11. The van der Waals surface area contributed by atoms with Gasteiger partial charge in [-0.25, -0.2) is 0 Å². The average Bonchev–Trinajstić information content (AvgIpc) is 2.30. The number of rotatable bonds is 4. The van der Waals surface area contributed by atoms with Crippen LogP contribution in [0.3, 0.4) is 0 Å². The Morgan fingerprint density at radius 1 is 1.39 bits per heavy atom. The van der Waals surface area contributed by atoms with E-state index in [4.69, 9.17) is 0 Å². The smallest absolute Gasteiger partial charge is 0.226 e. The van der Waals surface area contributed by atoms with Gasteiger partial charge in [-0.05, 0) is 36.8 Å². The molecule has 0 atom stereocenters. The van der Waals surface area contributed by atoms with Crippen LogP contribution in [-0.2, 0) is 11.2 Å². The lowest BCUT2D eigenvalue weighted by atomic mass is 9.85. The predicted molar refractivity (Wildman–Crippen MR) is 78.0 cm³/mol. The maximum atomic E-state index is 12.1. The first-order chi connectivity index (χ1) is 8.56. The number of hydrogen-bond acceptors (Lipinski definition) is 1. The molecule has 0 spiro atoms. The van der Waals surface area contributed by atoms with E-state index < -0.39 is 0 Å². The fourth-order valence-electron chi connectivity index (χ4n) is 2.40. The Bertz CT molecular complexity index is 426. The fourth-order valence-corrected chi connectivity index (χ4v) is 3.46. The van der Waals surface area contributed by atoms with Gasteiger partial charge in [-0.3, -0.25) is 4.79 Å². The summed E-state index contributed by atoms with van der Waals surface area (Å²) >= 11 is 3.59. The number of carbonyl (C=O) groups is 1. The van der Waals surface area contributed by atoms with Crippen molar-refractivity contribution >= 4 is 21.8 Å². The van der Waals surface area contributed by atoms with Crippen LogP contribution in [0.2, 0.25) is 0 Å². The van der Waals surface area contributed by atoms with Crippen LogP contribution in [-0.4, -0.2) is 29.2 Å². The second-order valence-electron chi connectivity index (χ2n) is 5.31. The summed E-state index contributed by atoms with van der Waals surface area (Å²) in [5.74, 6) is 0.905. The fraction of sp³-hybridized carbons (Fsp3) is 0.533. The van der Waals surface area contributed by atoms with Crippen LogP contribution < -0.4 is 0 Å². The molecular weight excluding hydrogens is 290 g/mol. The van der Waals surface area contributed by atoms with Crippen LogP contribution >= 0.6 is 15.9 Å². The van der Waals surface area contributed by atoms with Gasteiger partial charge in [-0.2, -0.15) is 0 Å². The molecule has 0 aliphatic heterocycles. The van der Waals surface area contributed by atoms with Crippen LogP contribution in [0.25, 0.3) is 0 Å². The molecule has 0 heterocycles. The molecule has 0 radical (unpaired) electrons. The number of amides is 1. The van der Waals surface area contributed by atoms with Gasteiger partial charge in [0.15, 0.2) is 0 Å². The van der Waals surface area contributed by atoms with Crippen molar-refractivity contribution in [2.75, 3.05) is 13.6 Å². The van der Waals surface area contributed by atoms with Crippen LogP contribution in [0.4, 0.5) is 0 Å². The molecule has 0 bridgehead atoms. The number of aryl methyl sites for hydroxylation is 1. The first-order valence-corrected chi connectivity index (χ1v) is 7.40. The van der Waals surface area contributed by atoms with Crippen molar-refractivity contribution in [3.63, 3.8) is 0 Å². The van der Waals surface area contributed by atoms with E-state index >= 15 is 0 Å². The average molecular weight is 310 g/mol. The zero-order valence-electron chi connectivity index (χ0n) is 11.0. The van der Waals surface area contributed by atoms with Crippen molar-refractivity contribution in [2.24, 2.45) is 5.92 Å². The van der Waals surface area contributed by atoms with E-state index in [1.807, 2.05) is 30.1 Å². The minimum Gasteiger partial charge on any atom is -0.345 e. The Morgan fingerprint density at radius 2 is 2.06 bits per heavy atom. The molecule has 1 amide bonds. The lowest BCUT2D eigenvalue weighted by Crippen LogP contribution is -2.38. The summed E-state index contributed by atoms with van der Waals surface area (Å²) in [5.41, 5.74) is 2.34. The summed E-state index contributed by atoms with van der Waals surface area (Å²) in [4.78, 5) is 14.7. The summed E-state index contributed by atoms with van der Waals surface area (Å²) in [6.45, 7) is 2.96. The maximum Gasteiger partial charge on any atom is 0.226 e. The third kappa shape index (κ3) is 3.35. The van der Waals surface area contributed by atoms with Gasteiger partial charge in [0.1, 0.15) is 0 Å². The minimum atomic E-state index is 0.224. The van der Waals surface area contributed by atoms with Crippen molar-refractivity contribution in [2.45, 2.75) is 31.0 Å². The van der Waals surface area contributed by atoms with Gasteiger partial charge in [0.25, 0.3) is 0 Å². The number of hydrogen-bond donors (Lipinski definition) is 0. The SMILES string of the molecule is Cc1ccccc1CC(=O)N(C)CC1CC(Br)C1. The third-order valence-corrected chi connectivity index (χ3v) is 4.49. The van der Waals surface area contributed by atoms with Gasteiger partial charge >= 0.3 is 0 Å². The van der Waals surface area contributed by atoms with Crippen LogP contribution in [0, 0.1) is 12.8 Å². The molecule has 3 heteroatoms. The number of halogens is 1. The molecule has 1 aromatic rings. The highest BCUT2D eigenvalue weighted by Gasteiger charge is 2.28. The van der Waals surface area contributed by atoms with Gasteiger partial charge in [0.2, 0.25) is 5.91 Å². The Balaban J connectivity index is 1.86. The van der Waals surface area contributed by atoms with Gasteiger partial charge in [-0.15, -0.1) is 0 Å². The Morgan fingerprint density at radius 3 is 2.67 bits per heavy atom. The van der Waals surface area contributed by atoms with E-state index in [0.717, 1.165) is 12.1 Å². The molecule has 18 heavy (non-hydrogen) atoms. The summed E-state index contributed by atoms with van der Waals surface area (Å²) < 4.78 is 0. The van der Waals surface area contributed by atoms with Crippen molar-refractivity contribution in [3.05, 3.63) is 35.4 Å². The molecule has 2 nitrogen and oxygen atoms in total. The molecule has 2 rings (SSSR count). The van der Waals surface area contributed by atoms with Crippen LogP contribution in [0.5, 0.6) is 0 Å². The summed E-state index contributed by atoms with van der Waals surface area (Å²) in [5, 5.41) is 0. The predicted octanol–water partition coefficient (Wildman–Crippen LogP) is 3.17. The van der Waals surface area contributed by atoms with Crippen molar-refractivity contribution in [1.29, 1.82) is 0 Å². The Hall–Kier alpha value is -0.830. The normalized spacial score (nSPS) is 22.4. The van der Waals surface area contributed by atoms with E-state index in [1.165, 1.54) is 18.4 Å². The quantitative estimate of drug-likeness (QED) is 0.782. The van der Waals surface area contributed by atoms with E-state index in [9.17, 15) is 4.79 Å². The lowest BCUT2D eigenvalue weighted by Gasteiger charge is -2.34. The molecule has 1 saturated carbocycles. The van der Waals surface area contributed by atoms with Crippen molar-refractivity contribution < 1.29 is 4.79 Å². The van der Waals surface area contributed by atoms with Gasteiger partial charge in [-0.1, -0.05) is 40.2 Å². The zero-order valence-corrected chi connectivity index (χ0v) is 12.6. The monoisotopic (exact) mass is 309 g/mol. The molecule has 0 saturated heterocycles. The summed E-state index contributed by atoms with van der Waals surface area (Å²) in [6.07, 6.45) is 2.91. The molecule has 1 aromatic carbocycles. The van der Waals surface area contributed by atoms with Crippen molar-refractivity contribution in [3.8, 4) is 0 Å². The van der Waals surface area contributed by atoms with Crippen molar-refractivity contribution in [1.82, 2.24) is 4.90 Å². The standard InChI is InChI=1S/C15H20BrNO/c1-11-5-3-4-6-13(11)9-15(18)17(2)10-12-7-14(16)8-12/h3-6,12,14H,7-10H2,1-2H3. The van der Waals surface area contributed by atoms with E-state index in [-0.39, 0.29) is 5.91 Å². The van der Waals surface area contributed by atoms with E-state index in [1.54, 1.807) is 0 Å². The number of alkyl halides is 1. The largest absolute Gasteiger partial charge is 0.345 e. The highest BCUT2D eigenvalue weighted by Crippen LogP contribution is 2.33. The van der Waals surface area contributed by atoms with E-state index in [0.29, 0.717) is 17.2 Å². The summed E-state index contributed by atoms with van der Waals surface area (Å²) in [7, 11) is 1.92. The number of carbonyl (C=O) groups excluding carboxylic acids is 1. The maximum absolute atomic E-state index is 12.1. The van der Waals surface area contributed by atoms with Crippen LogP contribution in [0.1, 0.15) is 24.0 Å². The molecule has 1 aliphatic carbocycles. The van der Waals surface area contributed by atoms with Crippen LogP contribution in [0.15, 0.2) is 24.3 Å². The highest BCUT2D eigenvalue weighted by atomic mass is 79.9. The molecular formula is C15H20BrNO. The molecule has 1 aliphatic rings. The topological polar surface area (TPSA) is 20.3 Å². The molecule has 0 unspecified atom stereocenters. The first-order valence-electron chi connectivity index (χ1n) is 6.49. The number of likely N-dealkylation sites (N-methyl/N-ethyl adjacent to an activating group) is 1. The van der Waals surface area contributed by atoms with Gasteiger partial charge < -0.3 is 4.90 Å². The second-order valence-corrected chi connectivity index (χ2v) is 6.61. The number of benzene rings is 1. The minimum absolute atomic E-state index is 0.224. The molecule has 98 valence electrons. The highest BCUT2D eigenvalue weighted by molar-refractivity contribution is 9.09. The zero-order chi connectivity index (χ0) is 13.1. The molecule has 0 aromatic heterocycles. The van der Waals surface area contributed by atoms with Gasteiger partial charge in [0, 0.05) is 18.4 Å². The number of nitrogens with zero attached hydrogens (tertiary/aromatic N) is 1. The Labute approximate surface area is 117 Å². The Kier molecular flexibility index (Phi) is 4.44. The third-order valence-electron chi connectivity index (χ3n) is 3.74. The molecule has 1 fully saturated rings. The second kappa shape index (κ2) is 5.87. The van der Waals surface area contributed by atoms with E-state index in [2.05, 4.69) is 28.9 Å². The first kappa shape index (κ1) is 13.6. The van der Waals surface area contributed by atoms with Gasteiger partial charge in [0.05, 0.1) is 6.42 Å².